The standard InChI is InChI=1S/C13H16N4O2S/c1-3-9-6-15-11(19-9)8-14-7-10-12(18-2)16-13-17(10)4-5-20-13/h4-6,14H,3,7-8H2,1-2H3. The van der Waals surface area contributed by atoms with Gasteiger partial charge in [-0.1, -0.05) is 6.92 Å². The molecule has 3 aromatic heterocycles. The number of oxazole rings is 1. The predicted molar refractivity (Wildman–Crippen MR) is 76.0 cm³/mol. The molecule has 0 amide bonds. The van der Waals surface area contributed by atoms with Gasteiger partial charge in [0.2, 0.25) is 11.8 Å². The highest BCUT2D eigenvalue weighted by Gasteiger charge is 2.13. The Balaban J connectivity index is 1.68. The van der Waals surface area contributed by atoms with Crippen LogP contribution < -0.4 is 10.1 Å². The van der Waals surface area contributed by atoms with Crippen LogP contribution in [0.15, 0.2) is 22.2 Å². The molecule has 0 atom stereocenters. The van der Waals surface area contributed by atoms with E-state index in [1.54, 1.807) is 24.6 Å². The van der Waals surface area contributed by atoms with Crippen LogP contribution in [0.4, 0.5) is 0 Å². The Bertz CT molecular complexity index is 700. The van der Waals surface area contributed by atoms with Crippen molar-refractivity contribution in [3.05, 3.63) is 35.1 Å². The number of aryl methyl sites for hydroxylation is 1. The van der Waals surface area contributed by atoms with Gasteiger partial charge in [-0.3, -0.25) is 4.40 Å². The molecule has 7 heteroatoms. The summed E-state index contributed by atoms with van der Waals surface area (Å²) in [5.41, 5.74) is 1.01. The Morgan fingerprint density at radius 2 is 2.35 bits per heavy atom. The summed E-state index contributed by atoms with van der Waals surface area (Å²) in [4.78, 5) is 9.57. The number of hydrogen-bond acceptors (Lipinski definition) is 6. The highest BCUT2D eigenvalue weighted by Crippen LogP contribution is 2.22. The molecule has 0 radical (unpaired) electrons. The van der Waals surface area contributed by atoms with E-state index < -0.39 is 0 Å². The average molecular weight is 292 g/mol. The Morgan fingerprint density at radius 1 is 1.45 bits per heavy atom. The third-order valence-corrected chi connectivity index (χ3v) is 3.79. The molecule has 20 heavy (non-hydrogen) atoms. The lowest BCUT2D eigenvalue weighted by Crippen LogP contribution is -2.14. The van der Waals surface area contributed by atoms with E-state index in [4.69, 9.17) is 9.15 Å². The van der Waals surface area contributed by atoms with Gasteiger partial charge in [0, 0.05) is 24.5 Å². The summed E-state index contributed by atoms with van der Waals surface area (Å²) in [5, 5.41) is 5.31. The second-order valence-corrected chi connectivity index (χ2v) is 5.17. The maximum Gasteiger partial charge on any atom is 0.237 e. The Labute approximate surface area is 120 Å². The van der Waals surface area contributed by atoms with Crippen LogP contribution in [0.2, 0.25) is 0 Å². The molecule has 1 N–H and O–H groups in total. The lowest BCUT2D eigenvalue weighted by atomic mass is 10.4. The quantitative estimate of drug-likeness (QED) is 0.755. The van der Waals surface area contributed by atoms with E-state index in [9.17, 15) is 0 Å². The summed E-state index contributed by atoms with van der Waals surface area (Å²) >= 11 is 1.59. The van der Waals surface area contributed by atoms with Crippen LogP contribution in [0.3, 0.4) is 0 Å². The monoisotopic (exact) mass is 292 g/mol. The second kappa shape index (κ2) is 5.64. The number of nitrogens with zero attached hydrogens (tertiary/aromatic N) is 3. The van der Waals surface area contributed by atoms with Crippen LogP contribution >= 0.6 is 11.3 Å². The first-order chi connectivity index (χ1) is 9.81. The minimum Gasteiger partial charge on any atom is -0.480 e. The number of hydrogen-bond donors (Lipinski definition) is 1. The molecule has 0 aliphatic rings. The van der Waals surface area contributed by atoms with E-state index in [1.165, 1.54) is 0 Å². The summed E-state index contributed by atoms with van der Waals surface area (Å²) in [6.45, 7) is 3.27. The van der Waals surface area contributed by atoms with E-state index in [-0.39, 0.29) is 0 Å². The van der Waals surface area contributed by atoms with Crippen molar-refractivity contribution in [1.82, 2.24) is 19.7 Å². The van der Waals surface area contributed by atoms with Gasteiger partial charge in [-0.15, -0.1) is 11.3 Å². The zero-order valence-electron chi connectivity index (χ0n) is 11.4. The van der Waals surface area contributed by atoms with E-state index in [1.807, 2.05) is 22.9 Å². The number of aromatic nitrogens is 3. The molecule has 0 bridgehead atoms. The van der Waals surface area contributed by atoms with E-state index in [0.717, 1.165) is 22.8 Å². The van der Waals surface area contributed by atoms with Crippen molar-refractivity contribution >= 4 is 16.3 Å². The maximum atomic E-state index is 5.56. The highest BCUT2D eigenvalue weighted by molar-refractivity contribution is 7.15. The van der Waals surface area contributed by atoms with Gasteiger partial charge in [-0.25, -0.2) is 4.98 Å². The van der Waals surface area contributed by atoms with Gasteiger partial charge in [0.15, 0.2) is 4.96 Å². The first kappa shape index (κ1) is 13.1. The van der Waals surface area contributed by atoms with Gasteiger partial charge in [-0.05, 0) is 0 Å². The fourth-order valence-electron chi connectivity index (χ4n) is 2.02. The molecular weight excluding hydrogens is 276 g/mol. The summed E-state index contributed by atoms with van der Waals surface area (Å²) in [7, 11) is 1.64. The minimum atomic E-state index is 0.584. The van der Waals surface area contributed by atoms with Crippen molar-refractivity contribution < 1.29 is 9.15 Å². The number of nitrogens with one attached hydrogen (secondary N) is 1. The number of methoxy groups -OCH3 is 1. The first-order valence-corrected chi connectivity index (χ1v) is 7.32. The van der Waals surface area contributed by atoms with Gasteiger partial charge in [0.1, 0.15) is 11.5 Å². The van der Waals surface area contributed by atoms with Crippen LogP contribution in [-0.4, -0.2) is 21.5 Å². The molecule has 0 unspecified atom stereocenters. The summed E-state index contributed by atoms with van der Waals surface area (Å²) in [6, 6.07) is 0. The summed E-state index contributed by atoms with van der Waals surface area (Å²) in [5.74, 6) is 2.27. The molecule has 0 saturated heterocycles. The largest absolute Gasteiger partial charge is 0.480 e. The molecule has 3 heterocycles. The van der Waals surface area contributed by atoms with Crippen LogP contribution in [0, 0.1) is 0 Å². The topological polar surface area (TPSA) is 64.6 Å². The van der Waals surface area contributed by atoms with Crippen molar-refractivity contribution in [1.29, 1.82) is 0 Å². The highest BCUT2D eigenvalue weighted by atomic mass is 32.1. The van der Waals surface area contributed by atoms with E-state index in [2.05, 4.69) is 15.3 Å². The SMILES string of the molecule is CCc1cnc(CNCc2c(OC)nc3sccn23)o1. The predicted octanol–water partition coefficient (Wildman–Crippen LogP) is 2.24. The molecule has 0 aliphatic heterocycles. The van der Waals surface area contributed by atoms with Crippen molar-refractivity contribution in [2.75, 3.05) is 7.11 Å². The van der Waals surface area contributed by atoms with Crippen LogP contribution in [0.1, 0.15) is 24.3 Å². The van der Waals surface area contributed by atoms with Gasteiger partial charge in [0.25, 0.3) is 0 Å². The number of fused-ring (bicyclic) bond motifs is 1. The molecule has 0 aliphatic carbocycles. The van der Waals surface area contributed by atoms with Gasteiger partial charge in [-0.2, -0.15) is 4.98 Å². The molecule has 0 fully saturated rings. The summed E-state index contributed by atoms with van der Waals surface area (Å²) < 4.78 is 12.9. The fourth-order valence-corrected chi connectivity index (χ4v) is 2.74. The van der Waals surface area contributed by atoms with E-state index >= 15 is 0 Å². The van der Waals surface area contributed by atoms with Crippen LogP contribution in [0.5, 0.6) is 5.88 Å². The van der Waals surface area contributed by atoms with Gasteiger partial charge >= 0.3 is 0 Å². The van der Waals surface area contributed by atoms with Crippen LogP contribution in [0.25, 0.3) is 4.96 Å². The number of thiazole rings is 1. The smallest absolute Gasteiger partial charge is 0.237 e. The van der Waals surface area contributed by atoms with Gasteiger partial charge in [0.05, 0.1) is 19.9 Å². The molecule has 0 aromatic carbocycles. The van der Waals surface area contributed by atoms with Crippen molar-refractivity contribution in [2.24, 2.45) is 0 Å². The van der Waals surface area contributed by atoms with Crippen molar-refractivity contribution in [3.63, 3.8) is 0 Å². The van der Waals surface area contributed by atoms with Crippen molar-refractivity contribution in [2.45, 2.75) is 26.4 Å². The average Bonchev–Trinajstić information content (AvgIpc) is 3.15. The molecule has 3 rings (SSSR count). The number of imidazole rings is 1. The van der Waals surface area contributed by atoms with Crippen LogP contribution in [-0.2, 0) is 19.5 Å². The normalized spacial score (nSPS) is 11.3. The zero-order chi connectivity index (χ0) is 13.9. The molecule has 0 spiro atoms. The molecule has 6 nitrogen and oxygen atoms in total. The van der Waals surface area contributed by atoms with E-state index in [0.29, 0.717) is 24.9 Å². The number of rotatable bonds is 6. The first-order valence-electron chi connectivity index (χ1n) is 6.44. The maximum absolute atomic E-state index is 5.56. The third kappa shape index (κ3) is 2.41. The lowest BCUT2D eigenvalue weighted by molar-refractivity contribution is 0.390. The molecular formula is C13H16N4O2S. The third-order valence-electron chi connectivity index (χ3n) is 3.04. The second-order valence-electron chi connectivity index (χ2n) is 4.30. The Hall–Kier alpha value is -1.86. The molecule has 3 aromatic rings. The lowest BCUT2D eigenvalue weighted by Gasteiger charge is -2.03. The zero-order valence-corrected chi connectivity index (χ0v) is 12.2. The van der Waals surface area contributed by atoms with Crippen molar-refractivity contribution in [3.8, 4) is 5.88 Å². The minimum absolute atomic E-state index is 0.584. The number of ether oxygens (including phenoxy) is 1. The molecule has 0 saturated carbocycles. The molecule has 106 valence electrons. The Morgan fingerprint density at radius 3 is 3.10 bits per heavy atom. The fraction of sp³-hybridized carbons (Fsp3) is 0.385. The van der Waals surface area contributed by atoms with Gasteiger partial charge < -0.3 is 14.5 Å². The Kier molecular flexibility index (Phi) is 3.70. The summed E-state index contributed by atoms with van der Waals surface area (Å²) in [6.07, 6.45) is 4.62.